The molecule has 22 heavy (non-hydrogen) atoms. The predicted molar refractivity (Wildman–Crippen MR) is 90.0 cm³/mol. The molecule has 3 rings (SSSR count). The van der Waals surface area contributed by atoms with E-state index in [2.05, 4.69) is 33.6 Å². The lowest BCUT2D eigenvalue weighted by Crippen LogP contribution is -2.24. The molecule has 0 radical (unpaired) electrons. The zero-order chi connectivity index (χ0) is 15.2. The molecule has 1 aliphatic carbocycles. The van der Waals surface area contributed by atoms with Crippen molar-refractivity contribution in [3.05, 3.63) is 47.8 Å². The quantitative estimate of drug-likeness (QED) is 0.506. The van der Waals surface area contributed by atoms with Crippen molar-refractivity contribution in [1.82, 2.24) is 9.78 Å². The van der Waals surface area contributed by atoms with E-state index in [0.717, 1.165) is 25.1 Å². The van der Waals surface area contributed by atoms with Gasteiger partial charge in [0.25, 0.3) is 0 Å². The number of nitrogens with zero attached hydrogens (tertiary/aromatic N) is 3. The summed E-state index contributed by atoms with van der Waals surface area (Å²) < 4.78 is 1.91. The molecule has 0 bridgehead atoms. The summed E-state index contributed by atoms with van der Waals surface area (Å²) in [5.74, 6) is 0.499. The van der Waals surface area contributed by atoms with Gasteiger partial charge in [0.05, 0.1) is 0 Å². The molecule has 0 amide bonds. The molecule has 0 atom stereocenters. The first-order valence-electron chi connectivity index (χ1n) is 7.98. The highest BCUT2D eigenvalue weighted by Gasteiger charge is 2.12. The Labute approximate surface area is 131 Å². The summed E-state index contributed by atoms with van der Waals surface area (Å²) in [4.78, 5) is 4.41. The minimum Gasteiger partial charge on any atom is -0.370 e. The number of fused-ring (bicyclic) bond motifs is 1. The van der Waals surface area contributed by atoms with Crippen LogP contribution in [0.25, 0.3) is 0 Å². The van der Waals surface area contributed by atoms with E-state index in [1.54, 1.807) is 6.20 Å². The molecular formula is C17H23N5. The molecule has 1 aliphatic rings. The van der Waals surface area contributed by atoms with Crippen molar-refractivity contribution in [2.24, 2.45) is 10.7 Å². The molecule has 5 heteroatoms. The van der Waals surface area contributed by atoms with E-state index in [1.165, 1.54) is 30.4 Å². The van der Waals surface area contributed by atoms with Crippen molar-refractivity contribution in [1.29, 1.82) is 0 Å². The Morgan fingerprint density at radius 3 is 3.05 bits per heavy atom. The maximum Gasteiger partial charge on any atom is 0.193 e. The number of rotatable bonds is 5. The standard InChI is InChI=1S/C17H23N5/c18-17(19-10-4-12-22-13-5-11-20-22)21-16-9-3-7-14-6-1-2-8-15(14)16/h3,5,7,9,11,13H,1-2,4,6,8,10,12H2,(H3,18,19,21). The second-order valence-electron chi connectivity index (χ2n) is 5.67. The molecule has 1 heterocycles. The van der Waals surface area contributed by atoms with Gasteiger partial charge in [-0.2, -0.15) is 5.10 Å². The maximum atomic E-state index is 6.01. The van der Waals surface area contributed by atoms with E-state index in [-0.39, 0.29) is 0 Å². The van der Waals surface area contributed by atoms with E-state index < -0.39 is 0 Å². The second kappa shape index (κ2) is 7.11. The summed E-state index contributed by atoms with van der Waals surface area (Å²) in [5.41, 5.74) is 9.98. The number of benzene rings is 1. The van der Waals surface area contributed by atoms with Gasteiger partial charge >= 0.3 is 0 Å². The third-order valence-corrected chi connectivity index (χ3v) is 4.05. The lowest BCUT2D eigenvalue weighted by molar-refractivity contribution is 0.585. The molecule has 0 saturated heterocycles. The summed E-state index contributed by atoms with van der Waals surface area (Å²) in [6.45, 7) is 1.57. The van der Waals surface area contributed by atoms with Crippen molar-refractivity contribution in [2.45, 2.75) is 38.6 Å². The number of aromatic nitrogens is 2. The van der Waals surface area contributed by atoms with Gasteiger partial charge in [0.15, 0.2) is 5.96 Å². The molecule has 0 spiro atoms. The first kappa shape index (κ1) is 14.6. The first-order valence-corrected chi connectivity index (χ1v) is 7.98. The van der Waals surface area contributed by atoms with Crippen LogP contribution >= 0.6 is 0 Å². The summed E-state index contributed by atoms with van der Waals surface area (Å²) in [6.07, 6.45) is 9.52. The molecule has 1 aromatic heterocycles. The number of aryl methyl sites for hydroxylation is 2. The molecule has 5 nitrogen and oxygen atoms in total. The molecule has 0 saturated carbocycles. The second-order valence-corrected chi connectivity index (χ2v) is 5.67. The number of aliphatic imine (C=N–C) groups is 1. The van der Waals surface area contributed by atoms with Crippen LogP contribution in [0.2, 0.25) is 0 Å². The zero-order valence-corrected chi connectivity index (χ0v) is 12.8. The predicted octanol–water partition coefficient (Wildman–Crippen LogP) is 2.58. The Kier molecular flexibility index (Phi) is 4.73. The van der Waals surface area contributed by atoms with Crippen LogP contribution in [0.15, 0.2) is 41.7 Å². The summed E-state index contributed by atoms with van der Waals surface area (Å²) in [6, 6.07) is 8.34. The van der Waals surface area contributed by atoms with Gasteiger partial charge in [0, 0.05) is 31.2 Å². The number of hydrogen-bond donors (Lipinski definition) is 2. The number of nitrogens with one attached hydrogen (secondary N) is 1. The van der Waals surface area contributed by atoms with Crippen LogP contribution in [-0.2, 0) is 19.4 Å². The molecule has 3 N–H and O–H groups in total. The summed E-state index contributed by atoms with van der Waals surface area (Å²) >= 11 is 0. The molecule has 1 aromatic carbocycles. The number of nitrogens with two attached hydrogens (primary N) is 1. The van der Waals surface area contributed by atoms with Crippen LogP contribution in [0.3, 0.4) is 0 Å². The van der Waals surface area contributed by atoms with E-state index in [1.807, 2.05) is 16.9 Å². The fourth-order valence-corrected chi connectivity index (χ4v) is 2.94. The largest absolute Gasteiger partial charge is 0.370 e. The smallest absolute Gasteiger partial charge is 0.193 e. The van der Waals surface area contributed by atoms with E-state index in [9.17, 15) is 0 Å². The minimum absolute atomic E-state index is 0.499. The average molecular weight is 297 g/mol. The topological polar surface area (TPSA) is 68.2 Å². The first-order chi connectivity index (χ1) is 10.8. The molecule has 0 aliphatic heterocycles. The third-order valence-electron chi connectivity index (χ3n) is 4.05. The Morgan fingerprint density at radius 1 is 1.27 bits per heavy atom. The average Bonchev–Trinajstić information content (AvgIpc) is 3.05. The Hall–Kier alpha value is -2.30. The van der Waals surface area contributed by atoms with Crippen LogP contribution in [0.1, 0.15) is 30.4 Å². The highest BCUT2D eigenvalue weighted by Crippen LogP contribution is 2.27. The van der Waals surface area contributed by atoms with Crippen molar-refractivity contribution >= 4 is 11.6 Å². The van der Waals surface area contributed by atoms with Crippen molar-refractivity contribution < 1.29 is 0 Å². The zero-order valence-electron chi connectivity index (χ0n) is 12.8. The van der Waals surface area contributed by atoms with E-state index in [4.69, 9.17) is 5.73 Å². The van der Waals surface area contributed by atoms with Gasteiger partial charge in [-0.3, -0.25) is 9.67 Å². The maximum absolute atomic E-state index is 6.01. The Bertz CT molecular complexity index is 631. The highest BCUT2D eigenvalue weighted by atomic mass is 15.3. The van der Waals surface area contributed by atoms with Crippen LogP contribution in [0, 0.1) is 0 Å². The lowest BCUT2D eigenvalue weighted by Gasteiger charge is -2.19. The summed E-state index contributed by atoms with van der Waals surface area (Å²) in [7, 11) is 0. The molecule has 2 aromatic rings. The Morgan fingerprint density at radius 2 is 2.18 bits per heavy atom. The molecule has 0 unspecified atom stereocenters. The number of anilines is 1. The van der Waals surface area contributed by atoms with Gasteiger partial charge in [-0.15, -0.1) is 0 Å². The van der Waals surface area contributed by atoms with Crippen LogP contribution in [0.4, 0.5) is 5.69 Å². The van der Waals surface area contributed by atoms with Crippen LogP contribution in [0.5, 0.6) is 0 Å². The van der Waals surface area contributed by atoms with Gasteiger partial charge in [-0.1, -0.05) is 12.1 Å². The normalized spacial score (nSPS) is 14.6. The van der Waals surface area contributed by atoms with Gasteiger partial charge in [-0.25, -0.2) is 0 Å². The van der Waals surface area contributed by atoms with Gasteiger partial charge < -0.3 is 11.1 Å². The molecule has 0 fully saturated rings. The van der Waals surface area contributed by atoms with E-state index in [0.29, 0.717) is 12.5 Å². The van der Waals surface area contributed by atoms with Crippen molar-refractivity contribution in [3.63, 3.8) is 0 Å². The SMILES string of the molecule is NC(=NCCCn1cccn1)Nc1cccc2c1CCCC2. The number of guanidine groups is 1. The fraction of sp³-hybridized carbons (Fsp3) is 0.412. The van der Waals surface area contributed by atoms with Gasteiger partial charge in [-0.05, 0) is 55.4 Å². The minimum atomic E-state index is 0.499. The molecular weight excluding hydrogens is 274 g/mol. The monoisotopic (exact) mass is 297 g/mol. The third kappa shape index (κ3) is 3.67. The Balaban J connectivity index is 1.55. The highest BCUT2D eigenvalue weighted by molar-refractivity contribution is 5.93. The lowest BCUT2D eigenvalue weighted by atomic mass is 9.90. The fourth-order valence-electron chi connectivity index (χ4n) is 2.94. The molecule has 116 valence electrons. The van der Waals surface area contributed by atoms with Crippen molar-refractivity contribution in [3.8, 4) is 0 Å². The van der Waals surface area contributed by atoms with E-state index >= 15 is 0 Å². The van der Waals surface area contributed by atoms with Gasteiger partial charge in [0.1, 0.15) is 0 Å². The number of hydrogen-bond acceptors (Lipinski definition) is 2. The van der Waals surface area contributed by atoms with Crippen LogP contribution in [-0.4, -0.2) is 22.3 Å². The summed E-state index contributed by atoms with van der Waals surface area (Å²) in [5, 5.41) is 7.44. The van der Waals surface area contributed by atoms with Gasteiger partial charge in [0.2, 0.25) is 0 Å². The van der Waals surface area contributed by atoms with Crippen molar-refractivity contribution in [2.75, 3.05) is 11.9 Å². The van der Waals surface area contributed by atoms with Crippen LogP contribution < -0.4 is 11.1 Å².